The number of nitrogens with one attached hydrogen (secondary N) is 1. The van der Waals surface area contributed by atoms with E-state index < -0.39 is 0 Å². The molecule has 6 heteroatoms. The van der Waals surface area contributed by atoms with Crippen molar-refractivity contribution in [3.8, 4) is 17.2 Å². The highest BCUT2D eigenvalue weighted by Gasteiger charge is 2.12. The Labute approximate surface area is 182 Å². The fraction of sp³-hybridized carbons (Fsp3) is 0.182. The number of hydrogen-bond acceptors (Lipinski definition) is 4. The molecular weight excluding hydrogens is 486 g/mol. The van der Waals surface area contributed by atoms with Gasteiger partial charge >= 0.3 is 0 Å². The maximum atomic E-state index is 6.01. The fourth-order valence-corrected chi connectivity index (χ4v) is 3.53. The first-order chi connectivity index (χ1) is 13.6. The molecule has 1 N–H and O–H groups in total. The van der Waals surface area contributed by atoms with Gasteiger partial charge in [-0.25, -0.2) is 0 Å². The highest BCUT2D eigenvalue weighted by atomic mass is 79.9. The average Bonchev–Trinajstić information content (AvgIpc) is 2.72. The molecule has 0 unspecified atom stereocenters. The lowest BCUT2D eigenvalue weighted by molar-refractivity contribution is 0.282. The van der Waals surface area contributed by atoms with E-state index in [9.17, 15) is 0 Å². The van der Waals surface area contributed by atoms with E-state index in [1.54, 1.807) is 14.2 Å². The second-order valence-electron chi connectivity index (χ2n) is 6.11. The number of rotatable bonds is 8. The van der Waals surface area contributed by atoms with Crippen molar-refractivity contribution < 1.29 is 14.2 Å². The molecule has 0 spiro atoms. The lowest BCUT2D eigenvalue weighted by atomic mass is 10.2. The first-order valence-electron chi connectivity index (χ1n) is 8.70. The maximum absolute atomic E-state index is 6.01. The first kappa shape index (κ1) is 20.6. The van der Waals surface area contributed by atoms with E-state index in [-0.39, 0.29) is 0 Å². The van der Waals surface area contributed by atoms with Gasteiger partial charge < -0.3 is 19.5 Å². The van der Waals surface area contributed by atoms with Gasteiger partial charge in [0.1, 0.15) is 12.4 Å². The molecule has 0 aromatic heterocycles. The Morgan fingerprint density at radius 2 is 1.54 bits per heavy atom. The quantitative estimate of drug-likeness (QED) is 0.382. The molecule has 4 nitrogen and oxygen atoms in total. The van der Waals surface area contributed by atoms with Crippen LogP contribution in [0, 0.1) is 0 Å². The predicted molar refractivity (Wildman–Crippen MR) is 119 cm³/mol. The zero-order valence-corrected chi connectivity index (χ0v) is 18.8. The summed E-state index contributed by atoms with van der Waals surface area (Å²) in [4.78, 5) is 0. The Morgan fingerprint density at radius 1 is 0.821 bits per heavy atom. The van der Waals surface area contributed by atoms with Crippen molar-refractivity contribution >= 4 is 37.5 Å². The van der Waals surface area contributed by atoms with Crippen LogP contribution >= 0.6 is 31.9 Å². The second-order valence-corrected chi connectivity index (χ2v) is 7.88. The summed E-state index contributed by atoms with van der Waals surface area (Å²) in [6.07, 6.45) is 0. The summed E-state index contributed by atoms with van der Waals surface area (Å²) >= 11 is 7.05. The van der Waals surface area contributed by atoms with Crippen LogP contribution < -0.4 is 19.5 Å². The minimum atomic E-state index is 0.464. The first-order valence-corrected chi connectivity index (χ1v) is 10.3. The number of anilines is 1. The van der Waals surface area contributed by atoms with Gasteiger partial charge in [-0.3, -0.25) is 0 Å². The minimum Gasteiger partial charge on any atom is -0.497 e. The molecular formula is C22H21Br2NO3. The molecule has 0 bridgehead atoms. The lowest BCUT2D eigenvalue weighted by Gasteiger charge is -2.15. The summed E-state index contributed by atoms with van der Waals surface area (Å²) in [5.74, 6) is 2.22. The van der Waals surface area contributed by atoms with E-state index in [4.69, 9.17) is 14.2 Å². The summed E-state index contributed by atoms with van der Waals surface area (Å²) in [7, 11) is 3.31. The molecule has 0 heterocycles. The lowest BCUT2D eigenvalue weighted by Crippen LogP contribution is -2.03. The van der Waals surface area contributed by atoms with Crippen molar-refractivity contribution in [2.45, 2.75) is 13.2 Å². The standard InChI is InChI=1S/C22H21Br2NO3/c1-26-19-9-7-18(8-10-19)25-13-16-11-20(24)22(21(12-16)27-2)28-14-15-3-5-17(23)6-4-15/h3-12,25H,13-14H2,1-2H3. The Morgan fingerprint density at radius 3 is 2.18 bits per heavy atom. The number of ether oxygens (including phenoxy) is 3. The van der Waals surface area contributed by atoms with Gasteiger partial charge in [-0.1, -0.05) is 28.1 Å². The zero-order chi connectivity index (χ0) is 19.9. The minimum absolute atomic E-state index is 0.464. The Bertz CT molecular complexity index is 912. The van der Waals surface area contributed by atoms with Crippen LogP contribution in [0.3, 0.4) is 0 Å². The van der Waals surface area contributed by atoms with Crippen molar-refractivity contribution in [1.29, 1.82) is 0 Å². The monoisotopic (exact) mass is 505 g/mol. The molecule has 146 valence electrons. The Hall–Kier alpha value is -2.18. The molecule has 3 aromatic rings. The molecule has 0 aliphatic carbocycles. The number of hydrogen-bond donors (Lipinski definition) is 1. The van der Waals surface area contributed by atoms with Gasteiger partial charge in [0.2, 0.25) is 0 Å². The molecule has 3 rings (SSSR count). The van der Waals surface area contributed by atoms with E-state index in [0.717, 1.165) is 31.5 Å². The molecule has 3 aromatic carbocycles. The SMILES string of the molecule is COc1ccc(NCc2cc(Br)c(OCc3ccc(Br)cc3)c(OC)c2)cc1. The fourth-order valence-electron chi connectivity index (χ4n) is 2.66. The largest absolute Gasteiger partial charge is 0.497 e. The Balaban J connectivity index is 1.68. The van der Waals surface area contributed by atoms with Gasteiger partial charge in [0, 0.05) is 16.7 Å². The topological polar surface area (TPSA) is 39.7 Å². The van der Waals surface area contributed by atoms with E-state index >= 15 is 0 Å². The van der Waals surface area contributed by atoms with Gasteiger partial charge in [-0.15, -0.1) is 0 Å². The van der Waals surface area contributed by atoms with E-state index in [1.807, 2.05) is 60.7 Å². The molecule has 0 aliphatic rings. The van der Waals surface area contributed by atoms with E-state index in [2.05, 4.69) is 37.2 Å². The third-order valence-corrected chi connectivity index (χ3v) is 5.29. The van der Waals surface area contributed by atoms with Crippen molar-refractivity contribution in [2.24, 2.45) is 0 Å². The molecule has 0 saturated carbocycles. The summed E-state index contributed by atoms with van der Waals surface area (Å²) in [5.41, 5.74) is 3.18. The molecule has 0 atom stereocenters. The van der Waals surface area contributed by atoms with E-state index in [0.29, 0.717) is 24.7 Å². The summed E-state index contributed by atoms with van der Waals surface area (Å²) in [5, 5.41) is 3.40. The second kappa shape index (κ2) is 9.85. The van der Waals surface area contributed by atoms with Gasteiger partial charge in [0.25, 0.3) is 0 Å². The average molecular weight is 507 g/mol. The van der Waals surface area contributed by atoms with Gasteiger partial charge in [0.05, 0.1) is 18.7 Å². The maximum Gasteiger partial charge on any atom is 0.175 e. The van der Waals surface area contributed by atoms with Crippen molar-refractivity contribution in [3.05, 3.63) is 80.7 Å². The van der Waals surface area contributed by atoms with Crippen LogP contribution in [-0.2, 0) is 13.2 Å². The van der Waals surface area contributed by atoms with Crippen LogP contribution in [0.4, 0.5) is 5.69 Å². The molecule has 0 aliphatic heterocycles. The van der Waals surface area contributed by atoms with Crippen molar-refractivity contribution in [2.75, 3.05) is 19.5 Å². The zero-order valence-electron chi connectivity index (χ0n) is 15.7. The highest BCUT2D eigenvalue weighted by molar-refractivity contribution is 9.10. The molecule has 0 saturated heterocycles. The third-order valence-electron chi connectivity index (χ3n) is 4.17. The number of halogens is 2. The van der Waals surface area contributed by atoms with Crippen molar-refractivity contribution in [1.82, 2.24) is 0 Å². The third kappa shape index (κ3) is 5.42. The van der Waals surface area contributed by atoms with Crippen LogP contribution in [0.2, 0.25) is 0 Å². The molecule has 0 amide bonds. The van der Waals surface area contributed by atoms with Crippen LogP contribution in [0.25, 0.3) is 0 Å². The molecule has 0 fully saturated rings. The number of benzene rings is 3. The van der Waals surface area contributed by atoms with Crippen LogP contribution in [0.5, 0.6) is 17.2 Å². The van der Waals surface area contributed by atoms with Crippen LogP contribution in [-0.4, -0.2) is 14.2 Å². The summed E-state index contributed by atoms with van der Waals surface area (Å²) in [6.45, 7) is 1.12. The van der Waals surface area contributed by atoms with Gasteiger partial charge in [0.15, 0.2) is 11.5 Å². The van der Waals surface area contributed by atoms with E-state index in [1.165, 1.54) is 0 Å². The van der Waals surface area contributed by atoms with Crippen LogP contribution in [0.1, 0.15) is 11.1 Å². The predicted octanol–water partition coefficient (Wildman–Crippen LogP) is 6.42. The summed E-state index contributed by atoms with van der Waals surface area (Å²) < 4.78 is 18.6. The normalized spacial score (nSPS) is 10.4. The molecule has 0 radical (unpaired) electrons. The Kier molecular flexibility index (Phi) is 7.23. The number of methoxy groups -OCH3 is 2. The highest BCUT2D eigenvalue weighted by Crippen LogP contribution is 2.37. The van der Waals surface area contributed by atoms with Crippen LogP contribution in [0.15, 0.2) is 69.6 Å². The molecule has 28 heavy (non-hydrogen) atoms. The smallest absolute Gasteiger partial charge is 0.175 e. The summed E-state index contributed by atoms with van der Waals surface area (Å²) in [6, 6.07) is 19.9. The van der Waals surface area contributed by atoms with Crippen molar-refractivity contribution in [3.63, 3.8) is 0 Å². The van der Waals surface area contributed by atoms with Gasteiger partial charge in [-0.05, 0) is 75.6 Å². The van der Waals surface area contributed by atoms with Gasteiger partial charge in [-0.2, -0.15) is 0 Å².